The lowest BCUT2D eigenvalue weighted by molar-refractivity contribution is -0.132. The molecule has 0 bridgehead atoms. The van der Waals surface area contributed by atoms with Crippen molar-refractivity contribution in [3.8, 4) is 17.2 Å². The van der Waals surface area contributed by atoms with Crippen LogP contribution in [0.3, 0.4) is 0 Å². The Hall–Kier alpha value is -3.27. The van der Waals surface area contributed by atoms with E-state index in [0.717, 1.165) is 5.56 Å². The van der Waals surface area contributed by atoms with Crippen LogP contribution in [0.25, 0.3) is 0 Å². The van der Waals surface area contributed by atoms with Gasteiger partial charge in [-0.25, -0.2) is 5.43 Å². The van der Waals surface area contributed by atoms with E-state index in [1.165, 1.54) is 19.4 Å². The van der Waals surface area contributed by atoms with Crippen molar-refractivity contribution in [3.05, 3.63) is 86.3 Å². The Balaban J connectivity index is 1.71. The highest BCUT2D eigenvalue weighted by atomic mass is 79.9. The number of ether oxygens (including phenoxy) is 2. The Kier molecular flexibility index (Phi) is 10.2. The number of nitrogens with zero attached hydrogens (tertiary/aromatic N) is 1. The minimum absolute atomic E-state index is 0.0504. The number of nitrogens with one attached hydrogen (secondary N) is 2. The Morgan fingerprint density at radius 3 is 2.49 bits per heavy atom. The van der Waals surface area contributed by atoms with E-state index in [1.807, 2.05) is 30.3 Å². The maximum Gasteiger partial charge on any atom is 0.262 e. The minimum Gasteiger partial charge on any atom is -0.503 e. The van der Waals surface area contributed by atoms with Gasteiger partial charge in [-0.3, -0.25) is 9.59 Å². The summed E-state index contributed by atoms with van der Waals surface area (Å²) < 4.78 is 11.2. The monoisotopic (exact) mass is 607 g/mol. The number of hydrogen-bond acceptors (Lipinski definition) is 6. The summed E-state index contributed by atoms with van der Waals surface area (Å²) >= 11 is 15.3. The molecular formula is C26H24BrCl2N3O5. The molecule has 37 heavy (non-hydrogen) atoms. The number of rotatable bonds is 10. The molecule has 0 saturated heterocycles. The molecule has 3 aromatic rings. The maximum atomic E-state index is 13.0. The summed E-state index contributed by atoms with van der Waals surface area (Å²) in [6, 6.07) is 16.1. The van der Waals surface area contributed by atoms with E-state index in [2.05, 4.69) is 31.8 Å². The maximum absolute atomic E-state index is 13.0. The van der Waals surface area contributed by atoms with Crippen LogP contribution in [0, 0.1) is 0 Å². The van der Waals surface area contributed by atoms with Gasteiger partial charge in [-0.15, -0.1) is 0 Å². The van der Waals surface area contributed by atoms with Crippen LogP contribution in [0.1, 0.15) is 18.1 Å². The molecule has 0 aliphatic heterocycles. The number of carbonyl (C=O) groups is 2. The van der Waals surface area contributed by atoms with Crippen molar-refractivity contribution in [1.29, 1.82) is 0 Å². The zero-order chi connectivity index (χ0) is 26.9. The molecule has 0 fully saturated rings. The second-order valence-electron chi connectivity index (χ2n) is 7.87. The smallest absolute Gasteiger partial charge is 0.262 e. The summed E-state index contributed by atoms with van der Waals surface area (Å²) in [5.74, 6) is -0.567. The van der Waals surface area contributed by atoms with Crippen LogP contribution in [-0.4, -0.2) is 42.4 Å². The lowest BCUT2D eigenvalue weighted by Gasteiger charge is -2.21. The molecule has 2 atom stereocenters. The number of methoxy groups -OCH3 is 1. The molecule has 0 unspecified atom stereocenters. The van der Waals surface area contributed by atoms with Gasteiger partial charge in [0.15, 0.2) is 17.6 Å². The Morgan fingerprint density at radius 1 is 1.08 bits per heavy atom. The van der Waals surface area contributed by atoms with Crippen LogP contribution in [0.2, 0.25) is 10.0 Å². The average molecular weight is 609 g/mol. The largest absolute Gasteiger partial charge is 0.503 e. The van der Waals surface area contributed by atoms with Crippen molar-refractivity contribution >= 4 is 57.2 Å². The molecule has 194 valence electrons. The number of amides is 2. The topological polar surface area (TPSA) is 109 Å². The summed E-state index contributed by atoms with van der Waals surface area (Å²) in [6.07, 6.45) is 0.663. The number of phenolic OH excluding ortho intramolecular Hbond substituents is 1. The van der Waals surface area contributed by atoms with Gasteiger partial charge in [0.25, 0.3) is 11.8 Å². The third-order valence-corrected chi connectivity index (χ3v) is 6.28. The molecule has 0 aliphatic carbocycles. The molecule has 8 nitrogen and oxygen atoms in total. The summed E-state index contributed by atoms with van der Waals surface area (Å²) in [7, 11) is 1.42. The highest BCUT2D eigenvalue weighted by Gasteiger charge is 2.25. The second-order valence-corrected chi connectivity index (χ2v) is 9.57. The van der Waals surface area contributed by atoms with Gasteiger partial charge in [0.1, 0.15) is 11.8 Å². The van der Waals surface area contributed by atoms with E-state index in [1.54, 1.807) is 31.2 Å². The lowest BCUT2D eigenvalue weighted by Crippen LogP contribution is -2.50. The SMILES string of the molecule is COc1cc(/C=N\NC(=O)[C@@H](Cc2ccccc2)NC(=O)[C@H](C)Oc2ccc(Cl)cc2Cl)cc(Br)c1O. The van der Waals surface area contributed by atoms with Crippen molar-refractivity contribution < 1.29 is 24.2 Å². The standard InChI is InChI=1S/C26H24BrCl2N3O5/c1-15(37-22-9-8-18(28)13-20(22)29)25(34)31-21(11-16-6-4-3-5-7-16)26(35)32-30-14-17-10-19(27)24(33)23(12-17)36-2/h3-10,12-15,21,33H,11H2,1-2H3,(H,31,34)(H,32,35)/b30-14-/t15-,21+/m0/s1. The Morgan fingerprint density at radius 2 is 1.81 bits per heavy atom. The summed E-state index contributed by atoms with van der Waals surface area (Å²) in [5.41, 5.74) is 3.86. The number of benzene rings is 3. The number of halogens is 3. The van der Waals surface area contributed by atoms with Gasteiger partial charge < -0.3 is 19.9 Å². The van der Waals surface area contributed by atoms with Crippen LogP contribution in [0.5, 0.6) is 17.2 Å². The number of phenols is 1. The van der Waals surface area contributed by atoms with Gasteiger partial charge in [0.2, 0.25) is 0 Å². The third kappa shape index (κ3) is 8.11. The molecule has 0 aliphatic rings. The first-order chi connectivity index (χ1) is 17.7. The fraction of sp³-hybridized carbons (Fsp3) is 0.192. The normalized spacial score (nSPS) is 12.6. The third-order valence-electron chi connectivity index (χ3n) is 5.14. The minimum atomic E-state index is -0.949. The zero-order valence-electron chi connectivity index (χ0n) is 19.9. The van der Waals surface area contributed by atoms with Crippen LogP contribution in [0.4, 0.5) is 0 Å². The van der Waals surface area contributed by atoms with Gasteiger partial charge in [-0.1, -0.05) is 53.5 Å². The van der Waals surface area contributed by atoms with Gasteiger partial charge in [-0.05, 0) is 64.3 Å². The van der Waals surface area contributed by atoms with Gasteiger partial charge in [0.05, 0.1) is 22.8 Å². The van der Waals surface area contributed by atoms with Crippen molar-refractivity contribution in [1.82, 2.24) is 10.7 Å². The molecule has 2 amide bonds. The van der Waals surface area contributed by atoms with Crippen LogP contribution < -0.4 is 20.2 Å². The molecule has 0 radical (unpaired) electrons. The Bertz CT molecular complexity index is 1290. The molecule has 0 saturated carbocycles. The number of carbonyl (C=O) groups excluding carboxylic acids is 2. The molecule has 3 aromatic carbocycles. The predicted octanol–water partition coefficient (Wildman–Crippen LogP) is 5.12. The quantitative estimate of drug-likeness (QED) is 0.219. The molecule has 0 heterocycles. The average Bonchev–Trinajstić information content (AvgIpc) is 2.87. The van der Waals surface area contributed by atoms with E-state index >= 15 is 0 Å². The lowest BCUT2D eigenvalue weighted by atomic mass is 10.1. The van der Waals surface area contributed by atoms with Gasteiger partial charge >= 0.3 is 0 Å². The van der Waals surface area contributed by atoms with Crippen molar-refractivity contribution in [3.63, 3.8) is 0 Å². The van der Waals surface area contributed by atoms with Crippen LogP contribution >= 0.6 is 39.1 Å². The van der Waals surface area contributed by atoms with Crippen molar-refractivity contribution in [2.45, 2.75) is 25.5 Å². The predicted molar refractivity (Wildman–Crippen MR) is 147 cm³/mol. The van der Waals surface area contributed by atoms with E-state index < -0.39 is 24.0 Å². The van der Waals surface area contributed by atoms with Crippen LogP contribution in [-0.2, 0) is 16.0 Å². The van der Waals surface area contributed by atoms with E-state index in [9.17, 15) is 14.7 Å². The molecule has 0 spiro atoms. The van der Waals surface area contributed by atoms with E-state index in [4.69, 9.17) is 32.7 Å². The first-order valence-corrected chi connectivity index (χ1v) is 12.6. The molecular weight excluding hydrogens is 585 g/mol. The Labute approximate surface area is 232 Å². The fourth-order valence-corrected chi connectivity index (χ4v) is 4.15. The summed E-state index contributed by atoms with van der Waals surface area (Å²) in [6.45, 7) is 1.55. The van der Waals surface area contributed by atoms with E-state index in [-0.39, 0.29) is 28.7 Å². The molecule has 3 rings (SSSR count). The molecule has 0 aromatic heterocycles. The highest BCUT2D eigenvalue weighted by molar-refractivity contribution is 9.10. The van der Waals surface area contributed by atoms with Crippen molar-refractivity contribution in [2.75, 3.05) is 7.11 Å². The molecule has 11 heteroatoms. The summed E-state index contributed by atoms with van der Waals surface area (Å²) in [5, 5.41) is 17.4. The first kappa shape index (κ1) is 28.3. The van der Waals surface area contributed by atoms with Crippen molar-refractivity contribution in [2.24, 2.45) is 5.10 Å². The highest BCUT2D eigenvalue weighted by Crippen LogP contribution is 2.34. The number of hydrogen-bond donors (Lipinski definition) is 3. The number of hydrazone groups is 1. The van der Waals surface area contributed by atoms with Crippen LogP contribution in [0.15, 0.2) is 70.2 Å². The summed E-state index contributed by atoms with van der Waals surface area (Å²) in [4.78, 5) is 25.9. The van der Waals surface area contributed by atoms with E-state index in [0.29, 0.717) is 15.1 Å². The molecule has 3 N–H and O–H groups in total. The second kappa shape index (κ2) is 13.3. The number of aromatic hydroxyl groups is 1. The first-order valence-electron chi connectivity index (χ1n) is 11.0. The van der Waals surface area contributed by atoms with Gasteiger partial charge in [-0.2, -0.15) is 5.10 Å². The van der Waals surface area contributed by atoms with Gasteiger partial charge in [0, 0.05) is 11.4 Å². The zero-order valence-corrected chi connectivity index (χ0v) is 23.0. The fourth-order valence-electron chi connectivity index (χ4n) is 3.24.